The highest BCUT2D eigenvalue weighted by Gasteiger charge is 2.22. The van der Waals surface area contributed by atoms with Gasteiger partial charge in [0.2, 0.25) is 0 Å². The molecular weight excluding hydrogens is 397 g/mol. The summed E-state index contributed by atoms with van der Waals surface area (Å²) in [5.74, 6) is -2.20. The molecule has 0 aliphatic heterocycles. The molecule has 2 aromatic rings. The van der Waals surface area contributed by atoms with Crippen molar-refractivity contribution in [3.05, 3.63) is 52.3 Å². The quantitative estimate of drug-likeness (QED) is 0.735. The minimum atomic E-state index is -1.20. The highest BCUT2D eigenvalue weighted by atomic mass is 79.9. The molecule has 0 aliphatic rings. The number of phenolic OH excluding ortho intramolecular Hbond substituents is 1. The van der Waals surface area contributed by atoms with E-state index >= 15 is 0 Å². The van der Waals surface area contributed by atoms with Gasteiger partial charge in [0.05, 0.1) is 12.8 Å². The summed E-state index contributed by atoms with van der Waals surface area (Å²) in [5.41, 5.74) is -0.154. The van der Waals surface area contributed by atoms with Gasteiger partial charge in [-0.1, -0.05) is 15.9 Å². The maximum Gasteiger partial charge on any atom is 0.342 e. The Bertz CT molecular complexity index is 812. The number of phenols is 1. The van der Waals surface area contributed by atoms with Crippen LogP contribution in [0.15, 0.2) is 40.9 Å². The average Bonchev–Trinajstić information content (AvgIpc) is 2.56. The van der Waals surface area contributed by atoms with Crippen molar-refractivity contribution in [2.24, 2.45) is 0 Å². The normalized spacial score (nSPS) is 11.5. The topological polar surface area (TPSA) is 84.9 Å². The second-order valence-electron chi connectivity index (χ2n) is 5.04. The monoisotopic (exact) mass is 411 g/mol. The van der Waals surface area contributed by atoms with E-state index in [-0.39, 0.29) is 17.0 Å². The minimum Gasteiger partial charge on any atom is -0.507 e. The van der Waals surface area contributed by atoms with Gasteiger partial charge in [-0.3, -0.25) is 4.79 Å². The van der Waals surface area contributed by atoms with Crippen LogP contribution in [0.3, 0.4) is 0 Å². The molecule has 8 heteroatoms. The lowest BCUT2D eigenvalue weighted by Crippen LogP contribution is -2.30. The number of carbonyl (C=O) groups excluding carboxylic acids is 2. The van der Waals surface area contributed by atoms with Gasteiger partial charge in [-0.05, 0) is 37.3 Å². The molecule has 132 valence electrons. The number of esters is 1. The summed E-state index contributed by atoms with van der Waals surface area (Å²) in [7, 11) is 1.42. The molecule has 25 heavy (non-hydrogen) atoms. The lowest BCUT2D eigenvalue weighted by atomic mass is 10.2. The Kier molecular flexibility index (Phi) is 5.97. The number of benzene rings is 2. The van der Waals surface area contributed by atoms with Crippen molar-refractivity contribution in [1.82, 2.24) is 0 Å². The molecule has 0 unspecified atom stereocenters. The van der Waals surface area contributed by atoms with Gasteiger partial charge >= 0.3 is 5.97 Å². The van der Waals surface area contributed by atoms with Gasteiger partial charge in [-0.25, -0.2) is 9.18 Å². The first kappa shape index (κ1) is 18.7. The number of anilines is 1. The Morgan fingerprint density at radius 2 is 1.96 bits per heavy atom. The standard InChI is InChI=1S/C17H15BrFNO5/c1-9(16(22)20-14-6-3-10(18)7-13(14)19)25-17(23)12-5-4-11(24-2)8-15(12)21/h3-9,21H,1-2H3,(H,20,22)/t9-/m1/s1. The lowest BCUT2D eigenvalue weighted by Gasteiger charge is -2.14. The molecule has 0 aliphatic carbocycles. The number of rotatable bonds is 5. The summed E-state index contributed by atoms with van der Waals surface area (Å²) >= 11 is 3.11. The second-order valence-corrected chi connectivity index (χ2v) is 5.96. The first-order valence-electron chi connectivity index (χ1n) is 7.15. The van der Waals surface area contributed by atoms with Gasteiger partial charge < -0.3 is 19.9 Å². The summed E-state index contributed by atoms with van der Waals surface area (Å²) in [6.07, 6.45) is -1.20. The number of carbonyl (C=O) groups is 2. The molecule has 0 spiro atoms. The zero-order chi connectivity index (χ0) is 18.6. The molecule has 0 radical (unpaired) electrons. The molecule has 0 fully saturated rings. The van der Waals surface area contributed by atoms with E-state index in [1.165, 1.54) is 44.4 Å². The van der Waals surface area contributed by atoms with Crippen LogP contribution in [0.5, 0.6) is 11.5 Å². The molecule has 2 N–H and O–H groups in total. The maximum absolute atomic E-state index is 13.7. The third kappa shape index (κ3) is 4.69. The van der Waals surface area contributed by atoms with Crippen molar-refractivity contribution in [2.45, 2.75) is 13.0 Å². The zero-order valence-corrected chi connectivity index (χ0v) is 15.0. The van der Waals surface area contributed by atoms with Crippen molar-refractivity contribution in [1.29, 1.82) is 0 Å². The molecular formula is C17H15BrFNO5. The number of aromatic hydroxyl groups is 1. The van der Waals surface area contributed by atoms with Crippen LogP contribution in [0.4, 0.5) is 10.1 Å². The lowest BCUT2D eigenvalue weighted by molar-refractivity contribution is -0.123. The predicted molar refractivity (Wildman–Crippen MR) is 92.3 cm³/mol. The Morgan fingerprint density at radius 3 is 2.56 bits per heavy atom. The van der Waals surface area contributed by atoms with Crippen LogP contribution in [0.1, 0.15) is 17.3 Å². The second kappa shape index (κ2) is 7.98. The van der Waals surface area contributed by atoms with Gasteiger partial charge in [0.15, 0.2) is 6.10 Å². The summed E-state index contributed by atoms with van der Waals surface area (Å²) in [6, 6.07) is 8.17. The van der Waals surface area contributed by atoms with E-state index in [0.717, 1.165) is 0 Å². The van der Waals surface area contributed by atoms with Gasteiger partial charge in [0.25, 0.3) is 5.91 Å². The fraction of sp³-hybridized carbons (Fsp3) is 0.176. The van der Waals surface area contributed by atoms with E-state index < -0.39 is 23.8 Å². The Morgan fingerprint density at radius 1 is 1.24 bits per heavy atom. The fourth-order valence-corrected chi connectivity index (χ4v) is 2.25. The summed E-state index contributed by atoms with van der Waals surface area (Å²) in [6.45, 7) is 1.34. The maximum atomic E-state index is 13.7. The Hall–Kier alpha value is -2.61. The van der Waals surface area contributed by atoms with E-state index in [4.69, 9.17) is 9.47 Å². The number of hydrogen-bond donors (Lipinski definition) is 2. The first-order chi connectivity index (χ1) is 11.8. The number of ether oxygens (including phenoxy) is 2. The summed E-state index contributed by atoms with van der Waals surface area (Å²) in [5, 5.41) is 12.1. The number of halogens is 2. The molecule has 1 amide bonds. The van der Waals surface area contributed by atoms with Crippen molar-refractivity contribution in [2.75, 3.05) is 12.4 Å². The molecule has 1 atom stereocenters. The van der Waals surface area contributed by atoms with Crippen LogP contribution >= 0.6 is 15.9 Å². The Balaban J connectivity index is 2.04. The third-order valence-electron chi connectivity index (χ3n) is 3.27. The zero-order valence-electron chi connectivity index (χ0n) is 13.4. The molecule has 6 nitrogen and oxygen atoms in total. The van der Waals surface area contributed by atoms with E-state index in [0.29, 0.717) is 10.2 Å². The van der Waals surface area contributed by atoms with Crippen molar-refractivity contribution in [3.63, 3.8) is 0 Å². The molecule has 0 bridgehead atoms. The first-order valence-corrected chi connectivity index (χ1v) is 7.95. The number of hydrogen-bond acceptors (Lipinski definition) is 5. The van der Waals surface area contributed by atoms with Crippen molar-refractivity contribution < 1.29 is 28.6 Å². The van der Waals surface area contributed by atoms with E-state index in [1.54, 1.807) is 6.07 Å². The molecule has 2 aromatic carbocycles. The highest BCUT2D eigenvalue weighted by Crippen LogP contribution is 2.24. The number of methoxy groups -OCH3 is 1. The largest absolute Gasteiger partial charge is 0.507 e. The van der Waals surface area contributed by atoms with Gasteiger partial charge in [0, 0.05) is 10.5 Å². The minimum absolute atomic E-state index is 0.0385. The highest BCUT2D eigenvalue weighted by molar-refractivity contribution is 9.10. The fourth-order valence-electron chi connectivity index (χ4n) is 1.91. The van der Waals surface area contributed by atoms with Crippen LogP contribution in [0, 0.1) is 5.82 Å². The molecule has 0 saturated heterocycles. The number of amides is 1. The third-order valence-corrected chi connectivity index (χ3v) is 3.76. The smallest absolute Gasteiger partial charge is 0.342 e. The average molecular weight is 412 g/mol. The molecule has 0 saturated carbocycles. The van der Waals surface area contributed by atoms with Crippen LogP contribution in [0.25, 0.3) is 0 Å². The van der Waals surface area contributed by atoms with Gasteiger partial charge in [0.1, 0.15) is 22.9 Å². The van der Waals surface area contributed by atoms with Gasteiger partial charge in [-0.15, -0.1) is 0 Å². The van der Waals surface area contributed by atoms with Crippen molar-refractivity contribution in [3.8, 4) is 11.5 Å². The van der Waals surface area contributed by atoms with Crippen molar-refractivity contribution >= 4 is 33.5 Å². The van der Waals surface area contributed by atoms with E-state index in [2.05, 4.69) is 21.2 Å². The van der Waals surface area contributed by atoms with E-state index in [1.807, 2.05) is 0 Å². The van der Waals surface area contributed by atoms with Gasteiger partial charge in [-0.2, -0.15) is 0 Å². The molecule has 0 heterocycles. The number of nitrogens with one attached hydrogen (secondary N) is 1. The molecule has 0 aromatic heterocycles. The van der Waals surface area contributed by atoms with Crippen LogP contribution in [-0.2, 0) is 9.53 Å². The summed E-state index contributed by atoms with van der Waals surface area (Å²) in [4.78, 5) is 24.1. The molecule has 2 rings (SSSR count). The Labute approximate surface area is 151 Å². The predicted octanol–water partition coefficient (Wildman–Crippen LogP) is 3.49. The SMILES string of the molecule is COc1ccc(C(=O)O[C@H](C)C(=O)Nc2ccc(Br)cc2F)c(O)c1. The summed E-state index contributed by atoms with van der Waals surface area (Å²) < 4.78 is 24.2. The van der Waals surface area contributed by atoms with E-state index in [9.17, 15) is 19.1 Å². The van der Waals surface area contributed by atoms with Crippen LogP contribution in [0.2, 0.25) is 0 Å². The van der Waals surface area contributed by atoms with Crippen LogP contribution in [-0.4, -0.2) is 30.2 Å². The van der Waals surface area contributed by atoms with Crippen LogP contribution < -0.4 is 10.1 Å².